The molecule has 1 aliphatic rings. The van der Waals surface area contributed by atoms with Crippen LogP contribution in [0.1, 0.15) is 32.1 Å². The molecule has 0 spiro atoms. The third-order valence-corrected chi connectivity index (χ3v) is 2.40. The van der Waals surface area contributed by atoms with E-state index in [1.165, 1.54) is 32.1 Å². The van der Waals surface area contributed by atoms with Gasteiger partial charge in [-0.3, -0.25) is 0 Å². The predicted octanol–water partition coefficient (Wildman–Crippen LogP) is -0.581. The molecule has 0 heterocycles. The minimum Gasteiger partial charge on any atom is -0.513 e. The Labute approximate surface area is 128 Å². The number of thiocarbonyl (C=S) groups is 1. The number of hydrogen-bond donors (Lipinski definition) is 0. The Morgan fingerprint density at radius 1 is 1.33 bits per heavy atom. The van der Waals surface area contributed by atoms with E-state index in [1.54, 1.807) is 0 Å². The van der Waals surface area contributed by atoms with Crippen molar-refractivity contribution in [1.29, 1.82) is 0 Å². The van der Waals surface area contributed by atoms with Gasteiger partial charge in [0.15, 0.2) is 0 Å². The van der Waals surface area contributed by atoms with Gasteiger partial charge in [0.2, 0.25) is 0 Å². The molecule has 1 nitrogen and oxygen atoms in total. The minimum atomic E-state index is 0. The van der Waals surface area contributed by atoms with Crippen LogP contribution in [0.25, 0.3) is 0 Å². The largest absolute Gasteiger partial charge is 1.00 e. The Balaban J connectivity index is 0.00000121. The normalized spacial score (nSPS) is 18.0. The van der Waals surface area contributed by atoms with Crippen LogP contribution < -0.4 is 51.4 Å². The molecule has 0 aromatic heterocycles. The summed E-state index contributed by atoms with van der Waals surface area (Å²) in [4.78, 5) is 0. The second kappa shape index (κ2) is 8.09. The van der Waals surface area contributed by atoms with Crippen LogP contribution >= 0.6 is 12.2 Å². The van der Waals surface area contributed by atoms with Crippen molar-refractivity contribution in [3.63, 3.8) is 0 Å². The molecule has 1 aliphatic carbocycles. The third kappa shape index (κ3) is 6.24. The fourth-order valence-electron chi connectivity index (χ4n) is 1.54. The van der Waals surface area contributed by atoms with Crippen LogP contribution in [0.5, 0.6) is 0 Å². The first-order valence-corrected chi connectivity index (χ1v) is 4.94. The first kappa shape index (κ1) is 13.7. The van der Waals surface area contributed by atoms with Gasteiger partial charge in [0.25, 0.3) is 0 Å². The fourth-order valence-corrected chi connectivity index (χ4v) is 1.68. The zero-order valence-electron chi connectivity index (χ0n) is 7.54. The molecule has 1 saturated carbocycles. The molecule has 0 aliphatic heterocycles. The zero-order chi connectivity index (χ0) is 8.10. The van der Waals surface area contributed by atoms with Gasteiger partial charge in [-0.15, -0.1) is 0 Å². The maximum Gasteiger partial charge on any atom is 1.00 e. The van der Waals surface area contributed by atoms with Gasteiger partial charge >= 0.3 is 51.4 Å². The van der Waals surface area contributed by atoms with Crippen LogP contribution in [0.4, 0.5) is 0 Å². The summed E-state index contributed by atoms with van der Waals surface area (Å²) in [5, 5.41) is 0. The molecule has 0 amide bonds. The first-order chi connectivity index (χ1) is 5.29. The summed E-state index contributed by atoms with van der Waals surface area (Å²) in [5.74, 6) is 0.713. The molecule has 1 fully saturated rings. The van der Waals surface area contributed by atoms with Crippen molar-refractivity contribution < 1.29 is 56.1 Å². The van der Waals surface area contributed by atoms with E-state index >= 15 is 0 Å². The fraction of sp³-hybridized carbons (Fsp3) is 0.875. The Kier molecular flexibility index (Phi) is 9.26. The van der Waals surface area contributed by atoms with Gasteiger partial charge in [-0.25, -0.2) is 0 Å². The molecule has 0 saturated heterocycles. The van der Waals surface area contributed by atoms with Crippen LogP contribution in [0, 0.1) is 5.92 Å². The molecule has 12 heavy (non-hydrogen) atoms. The Morgan fingerprint density at radius 3 is 2.42 bits per heavy atom. The first-order valence-electron chi connectivity index (χ1n) is 4.13. The SMILES string of the molecule is S=C([S-])OCC1CCCCC1.[K+]. The molecule has 0 atom stereocenters. The van der Waals surface area contributed by atoms with Gasteiger partial charge in [-0.05, 0) is 18.8 Å². The predicted molar refractivity (Wildman–Crippen MR) is 52.5 cm³/mol. The van der Waals surface area contributed by atoms with Crippen LogP contribution in [0.15, 0.2) is 0 Å². The van der Waals surface area contributed by atoms with E-state index in [4.69, 9.17) is 4.74 Å². The average molecular weight is 228 g/mol. The quantitative estimate of drug-likeness (QED) is 0.356. The summed E-state index contributed by atoms with van der Waals surface area (Å²) in [6.07, 6.45) is 6.65. The molecule has 0 bridgehead atoms. The minimum absolute atomic E-state index is 0. The molecule has 0 aromatic carbocycles. The van der Waals surface area contributed by atoms with Crippen LogP contribution in [-0.2, 0) is 17.4 Å². The van der Waals surface area contributed by atoms with Gasteiger partial charge in [0.05, 0.1) is 6.61 Å². The smallest absolute Gasteiger partial charge is 0.513 e. The Bertz CT molecular complexity index is 135. The number of hydrogen-bond acceptors (Lipinski definition) is 3. The number of ether oxygens (including phenoxy) is 1. The molecule has 0 radical (unpaired) electrons. The van der Waals surface area contributed by atoms with Gasteiger partial charge in [-0.1, -0.05) is 19.3 Å². The second-order valence-electron chi connectivity index (χ2n) is 3.07. The van der Waals surface area contributed by atoms with Gasteiger partial charge in [0, 0.05) is 4.38 Å². The summed E-state index contributed by atoms with van der Waals surface area (Å²) in [5.41, 5.74) is 0. The number of rotatable bonds is 2. The van der Waals surface area contributed by atoms with Gasteiger partial charge in [-0.2, -0.15) is 0 Å². The summed E-state index contributed by atoms with van der Waals surface area (Å²) >= 11 is 9.31. The maximum atomic E-state index is 5.13. The summed E-state index contributed by atoms with van der Waals surface area (Å²) in [6.45, 7) is 0.752. The Hall–Kier alpha value is 1.75. The van der Waals surface area contributed by atoms with E-state index in [-0.39, 0.29) is 55.8 Å². The maximum absolute atomic E-state index is 5.13. The van der Waals surface area contributed by atoms with Crippen molar-refractivity contribution in [2.75, 3.05) is 6.61 Å². The van der Waals surface area contributed by atoms with E-state index in [1.807, 2.05) is 0 Å². The van der Waals surface area contributed by atoms with E-state index in [0.717, 1.165) is 6.61 Å². The van der Waals surface area contributed by atoms with Crippen molar-refractivity contribution in [2.24, 2.45) is 5.92 Å². The monoisotopic (exact) mass is 228 g/mol. The van der Waals surface area contributed by atoms with Crippen molar-refractivity contribution in [2.45, 2.75) is 32.1 Å². The second-order valence-corrected chi connectivity index (χ2v) is 4.07. The molecule has 0 aromatic rings. The Morgan fingerprint density at radius 2 is 1.92 bits per heavy atom. The van der Waals surface area contributed by atoms with Crippen LogP contribution in [0.3, 0.4) is 0 Å². The van der Waals surface area contributed by atoms with E-state index in [2.05, 4.69) is 24.8 Å². The van der Waals surface area contributed by atoms with E-state index in [9.17, 15) is 0 Å². The summed E-state index contributed by atoms with van der Waals surface area (Å²) in [6, 6.07) is 0. The molecular formula is C8H13KOS2. The van der Waals surface area contributed by atoms with Gasteiger partial charge in [0.1, 0.15) is 0 Å². The molecule has 64 valence electrons. The van der Waals surface area contributed by atoms with Crippen LogP contribution in [-0.4, -0.2) is 11.0 Å². The van der Waals surface area contributed by atoms with Crippen molar-refractivity contribution in [3.05, 3.63) is 0 Å². The standard InChI is InChI=1S/C8H14OS2.K/c10-8(11)9-6-7-4-2-1-3-5-7;/h7H,1-6H2,(H,10,11);/q;+1/p-1. The summed E-state index contributed by atoms with van der Waals surface area (Å²) < 4.78 is 5.40. The summed E-state index contributed by atoms with van der Waals surface area (Å²) in [7, 11) is 0. The molecule has 1 rings (SSSR count). The van der Waals surface area contributed by atoms with Crippen molar-refractivity contribution in [1.82, 2.24) is 0 Å². The third-order valence-electron chi connectivity index (χ3n) is 2.16. The molecule has 4 heteroatoms. The van der Waals surface area contributed by atoms with E-state index in [0.29, 0.717) is 5.92 Å². The van der Waals surface area contributed by atoms with Crippen LogP contribution in [0.2, 0.25) is 0 Å². The molecule has 0 unspecified atom stereocenters. The molecular weight excluding hydrogens is 215 g/mol. The zero-order valence-corrected chi connectivity index (χ0v) is 12.3. The van der Waals surface area contributed by atoms with E-state index < -0.39 is 0 Å². The van der Waals surface area contributed by atoms with Crippen molar-refractivity contribution in [3.8, 4) is 0 Å². The average Bonchev–Trinajstić information content (AvgIpc) is 2.03. The van der Waals surface area contributed by atoms with Crippen molar-refractivity contribution >= 4 is 29.2 Å². The molecule has 0 N–H and O–H groups in total. The van der Waals surface area contributed by atoms with Gasteiger partial charge < -0.3 is 29.6 Å². The topological polar surface area (TPSA) is 9.23 Å².